The van der Waals surface area contributed by atoms with Crippen molar-refractivity contribution in [3.8, 4) is 6.07 Å². The van der Waals surface area contributed by atoms with Crippen molar-refractivity contribution in [1.82, 2.24) is 29.5 Å². The number of hydrogen-bond donors (Lipinski definition) is 1. The molecule has 0 spiro atoms. The molecule has 4 aromatic carbocycles. The number of hydrogen-bond acceptors (Lipinski definition) is 5. The lowest BCUT2D eigenvalue weighted by molar-refractivity contribution is 0.896. The van der Waals surface area contributed by atoms with Gasteiger partial charge in [0.2, 0.25) is 0 Å². The lowest BCUT2D eigenvalue weighted by Gasteiger charge is -2.01. The van der Waals surface area contributed by atoms with E-state index in [1.54, 1.807) is 12.4 Å². The average molecular weight is 478 g/mol. The zero-order valence-corrected chi connectivity index (χ0v) is 19.6. The molecule has 37 heavy (non-hydrogen) atoms. The van der Waals surface area contributed by atoms with Crippen molar-refractivity contribution in [1.29, 1.82) is 5.26 Å². The lowest BCUT2D eigenvalue weighted by atomic mass is 10.1. The van der Waals surface area contributed by atoms with Crippen molar-refractivity contribution in [3.63, 3.8) is 0 Å². The molecule has 4 heterocycles. The molecule has 7 nitrogen and oxygen atoms in total. The number of benzene rings is 4. The van der Waals surface area contributed by atoms with Gasteiger partial charge in [-0.15, -0.1) is 0 Å². The summed E-state index contributed by atoms with van der Waals surface area (Å²) in [5, 5.41) is 12.5. The smallest absolute Gasteiger partial charge is 0.161 e. The second kappa shape index (κ2) is 8.40. The van der Waals surface area contributed by atoms with Crippen LogP contribution in [0.2, 0.25) is 0 Å². The van der Waals surface area contributed by atoms with Gasteiger partial charge in [-0.05, 0) is 36.4 Å². The van der Waals surface area contributed by atoms with Crippen molar-refractivity contribution < 1.29 is 0 Å². The summed E-state index contributed by atoms with van der Waals surface area (Å²) < 4.78 is 1.92. The van der Waals surface area contributed by atoms with Gasteiger partial charge in [0.05, 0.1) is 33.7 Å². The van der Waals surface area contributed by atoms with Crippen LogP contribution < -0.4 is 0 Å². The molecule has 0 unspecified atom stereocenters. The first kappa shape index (κ1) is 21.0. The fourth-order valence-corrected chi connectivity index (χ4v) is 4.98. The van der Waals surface area contributed by atoms with Crippen LogP contribution in [-0.2, 0) is 6.54 Å². The summed E-state index contributed by atoms with van der Waals surface area (Å²) in [6, 6.07) is 30.3. The number of rotatable bonds is 1. The van der Waals surface area contributed by atoms with E-state index in [4.69, 9.17) is 10.2 Å². The largest absolute Gasteiger partial charge is 0.354 e. The maximum atomic E-state index is 9.05. The van der Waals surface area contributed by atoms with E-state index in [1.165, 1.54) is 5.39 Å². The molecule has 0 fully saturated rings. The van der Waals surface area contributed by atoms with Crippen molar-refractivity contribution in [2.75, 3.05) is 0 Å². The maximum Gasteiger partial charge on any atom is 0.161 e. The molecule has 0 aliphatic carbocycles. The topological polar surface area (TPSA) is 96.1 Å². The molecule has 0 aliphatic heterocycles. The standard InChI is InChI=1S/C16H10N4.C14H9N3/c17-9-10-20-14-8-4-1-5-11(14)15-16(20)19-13-7-3-2-6-12(13)18-15;1-2-4-10-9(3-1)13-11(17-10)5-6-12-14(13)16-8-7-15-12/h1-8H,10H2;1-8,17H. The van der Waals surface area contributed by atoms with Crippen molar-refractivity contribution in [3.05, 3.63) is 97.3 Å². The highest BCUT2D eigenvalue weighted by molar-refractivity contribution is 6.18. The van der Waals surface area contributed by atoms with Crippen LogP contribution in [0, 0.1) is 11.3 Å². The lowest BCUT2D eigenvalue weighted by Crippen LogP contribution is -1.97. The van der Waals surface area contributed by atoms with Gasteiger partial charge in [-0.1, -0.05) is 48.5 Å². The van der Waals surface area contributed by atoms with Crippen molar-refractivity contribution >= 4 is 65.9 Å². The Morgan fingerprint density at radius 3 is 2.27 bits per heavy atom. The van der Waals surface area contributed by atoms with Crippen LogP contribution in [0.5, 0.6) is 0 Å². The van der Waals surface area contributed by atoms with Gasteiger partial charge in [-0.3, -0.25) is 9.97 Å². The molecule has 0 radical (unpaired) electrons. The molecule has 0 amide bonds. The second-order valence-electron chi connectivity index (χ2n) is 8.73. The minimum Gasteiger partial charge on any atom is -0.354 e. The molecule has 174 valence electrons. The third-order valence-corrected chi connectivity index (χ3v) is 6.59. The number of aromatic nitrogens is 6. The summed E-state index contributed by atoms with van der Waals surface area (Å²) >= 11 is 0. The first-order chi connectivity index (χ1) is 18.3. The summed E-state index contributed by atoms with van der Waals surface area (Å²) in [5.74, 6) is 0. The van der Waals surface area contributed by atoms with Crippen molar-refractivity contribution in [2.24, 2.45) is 0 Å². The highest BCUT2D eigenvalue weighted by Gasteiger charge is 2.13. The molecule has 4 aromatic heterocycles. The number of para-hydroxylation sites is 4. The number of nitrogens with zero attached hydrogens (tertiary/aromatic N) is 6. The van der Waals surface area contributed by atoms with Gasteiger partial charge < -0.3 is 9.55 Å². The van der Waals surface area contributed by atoms with Crippen LogP contribution in [0.15, 0.2) is 97.3 Å². The number of nitrogens with one attached hydrogen (secondary N) is 1. The molecule has 1 N–H and O–H groups in total. The fourth-order valence-electron chi connectivity index (χ4n) is 4.98. The second-order valence-corrected chi connectivity index (χ2v) is 8.73. The summed E-state index contributed by atoms with van der Waals surface area (Å²) in [5.41, 5.74) is 8.49. The quantitative estimate of drug-likeness (QED) is 0.290. The molecule has 0 atom stereocenters. The normalized spacial score (nSPS) is 11.3. The minimum absolute atomic E-state index is 0.275. The minimum atomic E-state index is 0.275. The van der Waals surface area contributed by atoms with Crippen LogP contribution in [-0.4, -0.2) is 29.5 Å². The van der Waals surface area contributed by atoms with Crippen LogP contribution >= 0.6 is 0 Å². The monoisotopic (exact) mass is 477 g/mol. The summed E-state index contributed by atoms with van der Waals surface area (Å²) in [7, 11) is 0. The zero-order valence-electron chi connectivity index (χ0n) is 19.6. The first-order valence-electron chi connectivity index (χ1n) is 11.9. The average Bonchev–Trinajstić information content (AvgIpc) is 3.48. The third kappa shape index (κ3) is 3.35. The van der Waals surface area contributed by atoms with Gasteiger partial charge in [-0.25, -0.2) is 9.97 Å². The van der Waals surface area contributed by atoms with E-state index in [0.717, 1.165) is 60.6 Å². The summed E-state index contributed by atoms with van der Waals surface area (Å²) in [6.07, 6.45) is 3.46. The van der Waals surface area contributed by atoms with Crippen molar-refractivity contribution in [2.45, 2.75) is 6.54 Å². The van der Waals surface area contributed by atoms with E-state index in [-0.39, 0.29) is 6.54 Å². The highest BCUT2D eigenvalue weighted by Crippen LogP contribution is 2.30. The molecular formula is C30H19N7. The molecule has 0 saturated heterocycles. The van der Waals surface area contributed by atoms with E-state index in [9.17, 15) is 0 Å². The molecule has 7 heteroatoms. The molecule has 0 bridgehead atoms. The van der Waals surface area contributed by atoms with E-state index in [1.807, 2.05) is 71.3 Å². The number of fused-ring (bicyclic) bond motifs is 9. The number of aromatic amines is 1. The predicted molar refractivity (Wildman–Crippen MR) is 147 cm³/mol. The van der Waals surface area contributed by atoms with Crippen LogP contribution in [0.1, 0.15) is 0 Å². The van der Waals surface area contributed by atoms with E-state index in [2.05, 4.69) is 44.2 Å². The van der Waals surface area contributed by atoms with E-state index < -0.39 is 0 Å². The van der Waals surface area contributed by atoms with Gasteiger partial charge in [0.25, 0.3) is 0 Å². The molecule has 8 rings (SSSR count). The molecule has 8 aromatic rings. The maximum absolute atomic E-state index is 9.05. The van der Waals surface area contributed by atoms with Crippen LogP contribution in [0.3, 0.4) is 0 Å². The Hall–Kier alpha value is -5.35. The Morgan fingerprint density at radius 1 is 0.676 bits per heavy atom. The number of H-pyrrole nitrogens is 1. The van der Waals surface area contributed by atoms with Gasteiger partial charge in [0.15, 0.2) is 5.65 Å². The Morgan fingerprint density at radius 2 is 1.41 bits per heavy atom. The highest BCUT2D eigenvalue weighted by atomic mass is 15.1. The SMILES string of the molecule is N#CCn1c2ccccc2c2nc3ccccc3nc21.c1ccc2c(c1)[nH]c1ccc3nccnc3c12. The first-order valence-corrected chi connectivity index (χ1v) is 11.9. The summed E-state index contributed by atoms with van der Waals surface area (Å²) in [4.78, 5) is 21.6. The molecule has 0 aliphatic rings. The van der Waals surface area contributed by atoms with Gasteiger partial charge in [0, 0.05) is 39.6 Å². The Labute approximate surface area is 210 Å². The number of nitriles is 1. The van der Waals surface area contributed by atoms with Crippen LogP contribution in [0.25, 0.3) is 65.9 Å². The predicted octanol–water partition coefficient (Wildman–Crippen LogP) is 6.53. The Kier molecular flexibility index (Phi) is 4.76. The summed E-state index contributed by atoms with van der Waals surface area (Å²) in [6.45, 7) is 0.275. The Bertz CT molecular complexity index is 2140. The van der Waals surface area contributed by atoms with Crippen LogP contribution in [0.4, 0.5) is 0 Å². The zero-order chi connectivity index (χ0) is 24.8. The van der Waals surface area contributed by atoms with Gasteiger partial charge >= 0.3 is 0 Å². The van der Waals surface area contributed by atoms with E-state index in [0.29, 0.717) is 0 Å². The third-order valence-electron chi connectivity index (χ3n) is 6.59. The van der Waals surface area contributed by atoms with Gasteiger partial charge in [-0.2, -0.15) is 5.26 Å². The fraction of sp³-hybridized carbons (Fsp3) is 0.0333. The molecular weight excluding hydrogens is 458 g/mol. The molecule has 0 saturated carbocycles. The van der Waals surface area contributed by atoms with Gasteiger partial charge in [0.1, 0.15) is 12.1 Å². The Balaban J connectivity index is 0.000000126. The van der Waals surface area contributed by atoms with E-state index >= 15 is 0 Å².